The normalized spacial score (nSPS) is 11.2. The molecule has 9 heavy (non-hydrogen) atoms. The van der Waals surface area contributed by atoms with E-state index in [9.17, 15) is 4.79 Å². The summed E-state index contributed by atoms with van der Waals surface area (Å²) in [6.07, 6.45) is 1.62. The number of carbonyl (C=O) groups excluding carboxylic acids is 1. The van der Waals surface area contributed by atoms with Crippen molar-refractivity contribution >= 4 is 5.97 Å². The van der Waals surface area contributed by atoms with Crippen LogP contribution in [0, 0.1) is 0 Å². The maximum absolute atomic E-state index is 10.5. The van der Waals surface area contributed by atoms with Crippen molar-refractivity contribution in [3.05, 3.63) is 11.6 Å². The van der Waals surface area contributed by atoms with Gasteiger partial charge in [-0.15, -0.1) is 0 Å². The average Bonchev–Trinajstić information content (AvgIpc) is 1.87. The van der Waals surface area contributed by atoms with E-state index in [0.29, 0.717) is 5.57 Å². The Labute approximate surface area is 53.9 Å². The molecule has 0 aromatic heterocycles. The first-order valence-corrected chi connectivity index (χ1v) is 2.63. The van der Waals surface area contributed by atoms with Crippen LogP contribution < -0.4 is 0 Å². The van der Waals surface area contributed by atoms with Crippen molar-refractivity contribution in [1.29, 1.82) is 0 Å². The molecule has 3 nitrogen and oxygen atoms in total. The van der Waals surface area contributed by atoms with Crippen LogP contribution >= 0.6 is 0 Å². The molecule has 0 bridgehead atoms. The largest absolute Gasteiger partial charge is 0.435 e. The molecule has 0 aliphatic rings. The van der Waals surface area contributed by atoms with Gasteiger partial charge in [0.25, 0.3) is 0 Å². The van der Waals surface area contributed by atoms with Gasteiger partial charge in [0.15, 0.2) is 6.79 Å². The molecule has 0 aliphatic heterocycles. The van der Waals surface area contributed by atoms with Crippen LogP contribution in [0.4, 0.5) is 0 Å². The zero-order valence-electron chi connectivity index (χ0n) is 5.55. The topological polar surface area (TPSA) is 46.5 Å². The van der Waals surface area contributed by atoms with Crippen LogP contribution in [0.3, 0.4) is 0 Å². The summed E-state index contributed by atoms with van der Waals surface area (Å²) in [5.74, 6) is -0.472. The van der Waals surface area contributed by atoms with Crippen molar-refractivity contribution in [1.82, 2.24) is 0 Å². The molecule has 0 rings (SSSR count). The summed E-state index contributed by atoms with van der Waals surface area (Å²) in [6.45, 7) is 2.80. The van der Waals surface area contributed by atoms with Crippen LogP contribution in [0.1, 0.15) is 13.8 Å². The lowest BCUT2D eigenvalue weighted by molar-refractivity contribution is -0.146. The van der Waals surface area contributed by atoms with Gasteiger partial charge in [0.2, 0.25) is 0 Å². The maximum Gasteiger partial charge on any atom is 0.335 e. The Bertz CT molecular complexity index is 126. The van der Waals surface area contributed by atoms with Gasteiger partial charge in [-0.2, -0.15) is 0 Å². The van der Waals surface area contributed by atoms with Crippen molar-refractivity contribution in [3.8, 4) is 0 Å². The van der Waals surface area contributed by atoms with E-state index in [1.165, 1.54) is 0 Å². The lowest BCUT2D eigenvalue weighted by atomic mass is 10.3. The number of aliphatic hydroxyl groups excluding tert-OH is 1. The van der Waals surface area contributed by atoms with Gasteiger partial charge in [-0.05, 0) is 13.8 Å². The molecule has 0 aromatic rings. The van der Waals surface area contributed by atoms with Gasteiger partial charge in [-0.1, -0.05) is 6.08 Å². The van der Waals surface area contributed by atoms with Crippen LogP contribution in [0.15, 0.2) is 11.6 Å². The van der Waals surface area contributed by atoms with Crippen molar-refractivity contribution in [3.63, 3.8) is 0 Å². The minimum atomic E-state index is -0.552. The summed E-state index contributed by atoms with van der Waals surface area (Å²) in [5, 5.41) is 8.11. The van der Waals surface area contributed by atoms with Crippen molar-refractivity contribution in [2.24, 2.45) is 0 Å². The minimum absolute atomic E-state index is 0.472. The predicted octanol–water partition coefficient (Wildman–Crippen LogP) is 0.446. The smallest absolute Gasteiger partial charge is 0.335 e. The van der Waals surface area contributed by atoms with E-state index in [1.54, 1.807) is 19.9 Å². The quantitative estimate of drug-likeness (QED) is 0.335. The Morgan fingerprint density at radius 1 is 1.78 bits per heavy atom. The molecule has 0 fully saturated rings. The van der Waals surface area contributed by atoms with E-state index in [-0.39, 0.29) is 0 Å². The molecular weight excluding hydrogens is 120 g/mol. The van der Waals surface area contributed by atoms with Gasteiger partial charge < -0.3 is 9.84 Å². The second-order valence-electron chi connectivity index (χ2n) is 1.53. The van der Waals surface area contributed by atoms with E-state index in [2.05, 4.69) is 4.74 Å². The van der Waals surface area contributed by atoms with E-state index < -0.39 is 12.8 Å². The highest BCUT2D eigenvalue weighted by Gasteiger charge is 2.00. The highest BCUT2D eigenvalue weighted by molar-refractivity contribution is 5.87. The van der Waals surface area contributed by atoms with Crippen LogP contribution in [-0.4, -0.2) is 17.9 Å². The fraction of sp³-hybridized carbons (Fsp3) is 0.500. The first-order chi connectivity index (χ1) is 4.22. The monoisotopic (exact) mass is 130 g/mol. The lowest BCUT2D eigenvalue weighted by Crippen LogP contribution is -2.05. The van der Waals surface area contributed by atoms with Crippen molar-refractivity contribution in [2.45, 2.75) is 13.8 Å². The van der Waals surface area contributed by atoms with Gasteiger partial charge in [-0.25, -0.2) is 4.79 Å². The van der Waals surface area contributed by atoms with E-state index in [0.717, 1.165) is 0 Å². The van der Waals surface area contributed by atoms with Gasteiger partial charge in [0.05, 0.1) is 0 Å². The average molecular weight is 130 g/mol. The van der Waals surface area contributed by atoms with E-state index >= 15 is 0 Å². The number of aliphatic hydroxyl groups is 1. The highest BCUT2D eigenvalue weighted by Crippen LogP contribution is 1.93. The molecule has 0 radical (unpaired) electrons. The Morgan fingerprint density at radius 3 is 2.67 bits per heavy atom. The van der Waals surface area contributed by atoms with Crippen LogP contribution in [-0.2, 0) is 9.53 Å². The van der Waals surface area contributed by atoms with E-state index in [4.69, 9.17) is 5.11 Å². The molecule has 0 heterocycles. The number of esters is 1. The molecule has 0 aliphatic carbocycles. The molecule has 3 heteroatoms. The van der Waals surface area contributed by atoms with Crippen molar-refractivity contribution in [2.75, 3.05) is 6.79 Å². The fourth-order valence-electron chi connectivity index (χ4n) is 0.290. The third-order valence-corrected chi connectivity index (χ3v) is 0.951. The molecular formula is C6H10O3. The fourth-order valence-corrected chi connectivity index (χ4v) is 0.290. The van der Waals surface area contributed by atoms with Crippen molar-refractivity contribution < 1.29 is 14.6 Å². The lowest BCUT2D eigenvalue weighted by Gasteiger charge is -1.97. The number of hydrogen-bond acceptors (Lipinski definition) is 3. The standard InChI is InChI=1S/C6H10O3/c1-3-5(2)6(8)9-4-7/h3,7H,4H2,1-2H3. The third kappa shape index (κ3) is 2.87. The number of hydrogen-bond donors (Lipinski definition) is 1. The summed E-state index contributed by atoms with van der Waals surface area (Å²) >= 11 is 0. The highest BCUT2D eigenvalue weighted by atomic mass is 16.6. The number of rotatable bonds is 2. The molecule has 0 spiro atoms. The number of carbonyl (C=O) groups is 1. The summed E-state index contributed by atoms with van der Waals surface area (Å²) in [5.41, 5.74) is 0.504. The predicted molar refractivity (Wildman–Crippen MR) is 32.6 cm³/mol. The molecule has 0 amide bonds. The Balaban J connectivity index is 3.74. The second-order valence-corrected chi connectivity index (χ2v) is 1.53. The second kappa shape index (κ2) is 4.09. The Kier molecular flexibility index (Phi) is 3.71. The Morgan fingerprint density at radius 2 is 2.33 bits per heavy atom. The molecule has 0 saturated heterocycles. The number of ether oxygens (including phenoxy) is 1. The zero-order valence-corrected chi connectivity index (χ0v) is 5.55. The molecule has 0 saturated carbocycles. The van der Waals surface area contributed by atoms with Crippen LogP contribution in [0.25, 0.3) is 0 Å². The molecule has 0 atom stereocenters. The SMILES string of the molecule is CC=C(C)C(=O)OCO. The zero-order chi connectivity index (χ0) is 7.28. The first-order valence-electron chi connectivity index (χ1n) is 2.63. The van der Waals surface area contributed by atoms with Crippen LogP contribution in [0.2, 0.25) is 0 Å². The molecule has 0 aromatic carbocycles. The van der Waals surface area contributed by atoms with Crippen LogP contribution in [0.5, 0.6) is 0 Å². The summed E-state index contributed by atoms with van der Waals surface area (Å²) in [7, 11) is 0. The summed E-state index contributed by atoms with van der Waals surface area (Å²) in [4.78, 5) is 10.5. The number of allylic oxidation sites excluding steroid dienone is 1. The van der Waals surface area contributed by atoms with Gasteiger partial charge >= 0.3 is 5.97 Å². The third-order valence-electron chi connectivity index (χ3n) is 0.951. The molecule has 0 unspecified atom stereocenters. The molecule has 52 valence electrons. The maximum atomic E-state index is 10.5. The minimum Gasteiger partial charge on any atom is -0.435 e. The summed E-state index contributed by atoms with van der Waals surface area (Å²) in [6, 6.07) is 0. The van der Waals surface area contributed by atoms with Gasteiger partial charge in [0, 0.05) is 5.57 Å². The molecule has 1 N–H and O–H groups in total. The van der Waals surface area contributed by atoms with Gasteiger partial charge in [-0.3, -0.25) is 0 Å². The van der Waals surface area contributed by atoms with E-state index in [1.807, 2.05) is 0 Å². The summed E-state index contributed by atoms with van der Waals surface area (Å²) < 4.78 is 4.24. The Hall–Kier alpha value is -0.830. The van der Waals surface area contributed by atoms with Gasteiger partial charge in [0.1, 0.15) is 0 Å². The first kappa shape index (κ1) is 8.17.